The molecular weight excluding hydrogens is 220 g/mol. The van der Waals surface area contributed by atoms with Gasteiger partial charge in [0.25, 0.3) is 0 Å². The Morgan fingerprint density at radius 3 is 3.00 bits per heavy atom. The van der Waals surface area contributed by atoms with Gasteiger partial charge in [-0.3, -0.25) is 0 Å². The van der Waals surface area contributed by atoms with Gasteiger partial charge in [-0.25, -0.2) is 0 Å². The highest BCUT2D eigenvalue weighted by atomic mass is 32.2. The van der Waals surface area contributed by atoms with Crippen LogP contribution in [0.15, 0.2) is 18.2 Å². The fraction of sp³-hybridized carbons (Fsp3) is 0.583. The molecule has 1 N–H and O–H groups in total. The molecule has 1 aliphatic rings. The van der Waals surface area contributed by atoms with E-state index in [2.05, 4.69) is 10.3 Å². The second-order valence-electron chi connectivity index (χ2n) is 3.83. The van der Waals surface area contributed by atoms with Crippen LogP contribution >= 0.6 is 11.8 Å². The summed E-state index contributed by atoms with van der Waals surface area (Å²) in [5.41, 5.74) is 0. The molecule has 0 unspecified atom stereocenters. The van der Waals surface area contributed by atoms with Crippen LogP contribution in [0.5, 0.6) is 5.88 Å². The summed E-state index contributed by atoms with van der Waals surface area (Å²) in [6.07, 6.45) is 2.45. The quantitative estimate of drug-likeness (QED) is 0.874. The number of rotatable bonds is 4. The van der Waals surface area contributed by atoms with Crippen molar-refractivity contribution in [2.24, 2.45) is 0 Å². The number of nitrogens with one attached hydrogen (secondary N) is 1. The van der Waals surface area contributed by atoms with Crippen molar-refractivity contribution in [3.05, 3.63) is 18.2 Å². The second-order valence-corrected chi connectivity index (χ2v) is 5.05. The summed E-state index contributed by atoms with van der Waals surface area (Å²) in [6.45, 7) is 2.64. The Balaban J connectivity index is 1.94. The number of hydrogen-bond donors (Lipinski definition) is 1. The molecule has 0 atom stereocenters. The molecule has 0 spiro atoms. The lowest BCUT2D eigenvalue weighted by molar-refractivity contribution is 0.327. The maximum atomic E-state index is 5.38. The van der Waals surface area contributed by atoms with Crippen molar-refractivity contribution in [2.75, 3.05) is 23.4 Å². The van der Waals surface area contributed by atoms with Crippen LogP contribution in [-0.2, 0) is 0 Å². The molecule has 1 aromatic rings. The summed E-state index contributed by atoms with van der Waals surface area (Å²) >= 11 is 2.04. The summed E-state index contributed by atoms with van der Waals surface area (Å²) in [5.74, 6) is 4.14. The van der Waals surface area contributed by atoms with Gasteiger partial charge in [0.05, 0.1) is 6.61 Å². The third kappa shape index (κ3) is 3.30. The number of anilines is 1. The molecule has 3 nitrogen and oxygen atoms in total. The monoisotopic (exact) mass is 238 g/mol. The lowest BCUT2D eigenvalue weighted by Crippen LogP contribution is -2.24. The van der Waals surface area contributed by atoms with Gasteiger partial charge >= 0.3 is 0 Å². The first-order valence-electron chi connectivity index (χ1n) is 5.82. The molecule has 1 saturated heterocycles. The van der Waals surface area contributed by atoms with Crippen LogP contribution < -0.4 is 10.1 Å². The molecular formula is C12H18N2OS. The minimum absolute atomic E-state index is 0.575. The molecule has 1 aliphatic heterocycles. The molecule has 0 amide bonds. The van der Waals surface area contributed by atoms with Gasteiger partial charge in [-0.2, -0.15) is 16.7 Å². The molecule has 0 aliphatic carbocycles. The zero-order valence-electron chi connectivity index (χ0n) is 9.61. The van der Waals surface area contributed by atoms with Crippen molar-refractivity contribution in [3.63, 3.8) is 0 Å². The third-order valence-electron chi connectivity index (χ3n) is 2.59. The predicted molar refractivity (Wildman–Crippen MR) is 69.4 cm³/mol. The van der Waals surface area contributed by atoms with Gasteiger partial charge in [0.15, 0.2) is 0 Å². The fourth-order valence-corrected chi connectivity index (χ4v) is 2.88. The maximum absolute atomic E-state index is 5.38. The first-order valence-corrected chi connectivity index (χ1v) is 6.98. The van der Waals surface area contributed by atoms with E-state index in [1.165, 1.54) is 24.3 Å². The Kier molecular flexibility index (Phi) is 4.34. The molecule has 2 heterocycles. The van der Waals surface area contributed by atoms with Crippen LogP contribution in [0.4, 0.5) is 5.82 Å². The summed E-state index contributed by atoms with van der Waals surface area (Å²) in [7, 11) is 0. The number of aromatic nitrogens is 1. The minimum Gasteiger partial charge on any atom is -0.478 e. The van der Waals surface area contributed by atoms with E-state index in [1.54, 1.807) is 0 Å². The SMILES string of the molecule is CCOc1cccc(NC2CCSCC2)n1. The zero-order valence-corrected chi connectivity index (χ0v) is 10.4. The summed E-state index contributed by atoms with van der Waals surface area (Å²) in [5, 5.41) is 3.48. The highest BCUT2D eigenvalue weighted by Gasteiger charge is 2.13. The van der Waals surface area contributed by atoms with Crippen LogP contribution in [-0.4, -0.2) is 29.1 Å². The molecule has 16 heavy (non-hydrogen) atoms. The topological polar surface area (TPSA) is 34.1 Å². The van der Waals surface area contributed by atoms with E-state index in [4.69, 9.17) is 4.74 Å². The molecule has 2 rings (SSSR count). The Morgan fingerprint density at radius 1 is 1.44 bits per heavy atom. The Hall–Kier alpha value is -0.900. The van der Waals surface area contributed by atoms with E-state index in [-0.39, 0.29) is 0 Å². The molecule has 0 bridgehead atoms. The smallest absolute Gasteiger partial charge is 0.215 e. The van der Waals surface area contributed by atoms with E-state index in [0.717, 1.165) is 5.82 Å². The molecule has 0 aromatic carbocycles. The molecule has 88 valence electrons. The average Bonchev–Trinajstić information content (AvgIpc) is 2.31. The van der Waals surface area contributed by atoms with Crippen molar-refractivity contribution >= 4 is 17.6 Å². The van der Waals surface area contributed by atoms with Gasteiger partial charge in [0.1, 0.15) is 5.82 Å². The van der Waals surface area contributed by atoms with Crippen molar-refractivity contribution in [1.29, 1.82) is 0 Å². The largest absolute Gasteiger partial charge is 0.478 e. The van der Waals surface area contributed by atoms with Crippen LogP contribution in [0.25, 0.3) is 0 Å². The standard InChI is InChI=1S/C12H18N2OS/c1-2-15-12-5-3-4-11(14-12)13-10-6-8-16-9-7-10/h3-5,10H,2,6-9H2,1H3,(H,13,14). The number of hydrogen-bond acceptors (Lipinski definition) is 4. The number of nitrogens with zero attached hydrogens (tertiary/aromatic N) is 1. The van der Waals surface area contributed by atoms with Crippen molar-refractivity contribution in [2.45, 2.75) is 25.8 Å². The zero-order chi connectivity index (χ0) is 11.2. The highest BCUT2D eigenvalue weighted by Crippen LogP contribution is 2.21. The normalized spacial score (nSPS) is 17.1. The number of ether oxygens (including phenoxy) is 1. The first kappa shape index (κ1) is 11.6. The maximum Gasteiger partial charge on any atom is 0.215 e. The van der Waals surface area contributed by atoms with E-state index in [9.17, 15) is 0 Å². The molecule has 1 aromatic heterocycles. The van der Waals surface area contributed by atoms with Crippen LogP contribution in [0, 0.1) is 0 Å². The highest BCUT2D eigenvalue weighted by molar-refractivity contribution is 7.99. The van der Waals surface area contributed by atoms with E-state index < -0.39 is 0 Å². The van der Waals surface area contributed by atoms with Crippen LogP contribution in [0.2, 0.25) is 0 Å². The predicted octanol–water partition coefficient (Wildman–Crippen LogP) is 2.79. The Labute approximate surface area is 101 Å². The minimum atomic E-state index is 0.575. The van der Waals surface area contributed by atoms with Crippen LogP contribution in [0.1, 0.15) is 19.8 Å². The van der Waals surface area contributed by atoms with E-state index in [1.807, 2.05) is 36.9 Å². The third-order valence-corrected chi connectivity index (χ3v) is 3.64. The summed E-state index contributed by atoms with van der Waals surface area (Å²) < 4.78 is 5.38. The van der Waals surface area contributed by atoms with Crippen molar-refractivity contribution in [3.8, 4) is 5.88 Å². The van der Waals surface area contributed by atoms with E-state index >= 15 is 0 Å². The van der Waals surface area contributed by atoms with E-state index in [0.29, 0.717) is 18.5 Å². The lowest BCUT2D eigenvalue weighted by atomic mass is 10.1. The molecule has 4 heteroatoms. The molecule has 0 radical (unpaired) electrons. The molecule has 0 saturated carbocycles. The van der Waals surface area contributed by atoms with Crippen LogP contribution in [0.3, 0.4) is 0 Å². The number of pyridine rings is 1. The fourth-order valence-electron chi connectivity index (χ4n) is 1.77. The van der Waals surface area contributed by atoms with Gasteiger partial charge < -0.3 is 10.1 Å². The Bertz CT molecular complexity index is 327. The first-order chi connectivity index (χ1) is 7.88. The lowest BCUT2D eigenvalue weighted by Gasteiger charge is -2.23. The van der Waals surface area contributed by atoms with Gasteiger partial charge in [-0.1, -0.05) is 6.07 Å². The van der Waals surface area contributed by atoms with Gasteiger partial charge in [0, 0.05) is 12.1 Å². The van der Waals surface area contributed by atoms with Gasteiger partial charge in [-0.05, 0) is 37.3 Å². The number of thioether (sulfide) groups is 1. The van der Waals surface area contributed by atoms with Gasteiger partial charge in [0.2, 0.25) is 5.88 Å². The van der Waals surface area contributed by atoms with Crippen molar-refractivity contribution < 1.29 is 4.74 Å². The summed E-state index contributed by atoms with van der Waals surface area (Å²) in [4.78, 5) is 4.42. The second kappa shape index (κ2) is 5.99. The summed E-state index contributed by atoms with van der Waals surface area (Å²) in [6, 6.07) is 6.46. The van der Waals surface area contributed by atoms with Gasteiger partial charge in [-0.15, -0.1) is 0 Å². The average molecular weight is 238 g/mol. The Morgan fingerprint density at radius 2 is 2.25 bits per heavy atom. The van der Waals surface area contributed by atoms with Crippen molar-refractivity contribution in [1.82, 2.24) is 4.98 Å². The molecule has 1 fully saturated rings.